The number of hydrogen-bond acceptors (Lipinski definition) is 4. The van der Waals surface area contributed by atoms with Gasteiger partial charge >= 0.3 is 0 Å². The maximum atomic E-state index is 12.1. The molecule has 2 heterocycles. The average molecular weight is 315 g/mol. The molecule has 5 heteroatoms. The van der Waals surface area contributed by atoms with Crippen LogP contribution in [0.5, 0.6) is 5.75 Å². The van der Waals surface area contributed by atoms with Gasteiger partial charge in [-0.05, 0) is 43.9 Å². The van der Waals surface area contributed by atoms with E-state index in [1.807, 2.05) is 18.2 Å². The number of furan rings is 1. The Balaban J connectivity index is 1.48. The van der Waals surface area contributed by atoms with Crippen LogP contribution in [0.3, 0.4) is 0 Å². The fraction of sp³-hybridized carbons (Fsp3) is 0.500. The lowest BCUT2D eigenvalue weighted by Crippen LogP contribution is -2.33. The van der Waals surface area contributed by atoms with E-state index in [1.165, 1.54) is 18.4 Å². The summed E-state index contributed by atoms with van der Waals surface area (Å²) in [6.45, 7) is 1.03. The molecule has 0 unspecified atom stereocenters. The maximum Gasteiger partial charge on any atom is 0.260 e. The van der Waals surface area contributed by atoms with Gasteiger partial charge in [-0.25, -0.2) is 0 Å². The Labute approximate surface area is 134 Å². The van der Waals surface area contributed by atoms with E-state index < -0.39 is 6.10 Å². The van der Waals surface area contributed by atoms with Gasteiger partial charge in [-0.3, -0.25) is 4.79 Å². The fourth-order valence-corrected chi connectivity index (χ4v) is 3.54. The van der Waals surface area contributed by atoms with Crippen molar-refractivity contribution in [1.29, 1.82) is 0 Å². The third kappa shape index (κ3) is 2.81. The second-order valence-corrected chi connectivity index (χ2v) is 6.44. The van der Waals surface area contributed by atoms with Gasteiger partial charge in [-0.1, -0.05) is 0 Å². The minimum absolute atomic E-state index is 0.0122. The topological polar surface area (TPSA) is 62.9 Å². The fourth-order valence-electron chi connectivity index (χ4n) is 3.54. The molecule has 1 aromatic carbocycles. The summed E-state index contributed by atoms with van der Waals surface area (Å²) in [5.74, 6) is 1.72. The lowest BCUT2D eigenvalue weighted by molar-refractivity contribution is -0.132. The number of hydrogen-bond donors (Lipinski definition) is 1. The SMILES string of the molecule is O=C(COc1ccc2oc3c(c2c1)CCCC3)N1CC[C@@H](O)C1. The summed E-state index contributed by atoms with van der Waals surface area (Å²) in [6, 6.07) is 5.76. The Morgan fingerprint density at radius 3 is 3.04 bits per heavy atom. The average Bonchev–Trinajstić information content (AvgIpc) is 3.16. The van der Waals surface area contributed by atoms with Crippen molar-refractivity contribution in [2.24, 2.45) is 0 Å². The normalized spacial score (nSPS) is 20.7. The van der Waals surface area contributed by atoms with Crippen LogP contribution >= 0.6 is 0 Å². The van der Waals surface area contributed by atoms with Gasteiger partial charge in [0.15, 0.2) is 6.61 Å². The molecule has 0 spiro atoms. The second kappa shape index (κ2) is 5.89. The number of likely N-dealkylation sites (tertiary alicyclic amines) is 1. The predicted molar refractivity (Wildman–Crippen MR) is 85.6 cm³/mol. The number of fused-ring (bicyclic) bond motifs is 3. The first kappa shape index (κ1) is 14.6. The standard InChI is InChI=1S/C18H21NO4/c20-12-7-8-19(10-12)18(21)11-22-13-5-6-17-15(9-13)14-3-1-2-4-16(14)23-17/h5-6,9,12,20H,1-4,7-8,10-11H2/t12-/m1/s1. The number of aliphatic hydroxyl groups is 1. The zero-order valence-corrected chi connectivity index (χ0v) is 13.1. The van der Waals surface area contributed by atoms with Crippen LogP contribution in [-0.2, 0) is 17.6 Å². The van der Waals surface area contributed by atoms with Crippen molar-refractivity contribution in [2.45, 2.75) is 38.2 Å². The number of carbonyl (C=O) groups excluding carboxylic acids is 1. The minimum atomic E-state index is -0.396. The van der Waals surface area contributed by atoms with Crippen LogP contribution in [0.15, 0.2) is 22.6 Å². The van der Waals surface area contributed by atoms with Gasteiger partial charge in [0.25, 0.3) is 5.91 Å². The first-order valence-corrected chi connectivity index (χ1v) is 8.33. The Morgan fingerprint density at radius 2 is 2.22 bits per heavy atom. The molecule has 4 rings (SSSR count). The Hall–Kier alpha value is -2.01. The third-order valence-electron chi connectivity index (χ3n) is 4.80. The molecule has 5 nitrogen and oxygen atoms in total. The van der Waals surface area contributed by atoms with Gasteiger partial charge in [-0.2, -0.15) is 0 Å². The highest BCUT2D eigenvalue weighted by molar-refractivity contribution is 5.84. The van der Waals surface area contributed by atoms with Crippen LogP contribution in [0.2, 0.25) is 0 Å². The van der Waals surface area contributed by atoms with Gasteiger partial charge in [0, 0.05) is 30.5 Å². The Morgan fingerprint density at radius 1 is 1.35 bits per heavy atom. The summed E-state index contributed by atoms with van der Waals surface area (Å²) in [6.07, 6.45) is 4.70. The van der Waals surface area contributed by atoms with Crippen LogP contribution in [0.1, 0.15) is 30.6 Å². The highest BCUT2D eigenvalue weighted by atomic mass is 16.5. The molecule has 1 aliphatic heterocycles. The quantitative estimate of drug-likeness (QED) is 0.944. The smallest absolute Gasteiger partial charge is 0.260 e. The van der Waals surface area contributed by atoms with Crippen molar-refractivity contribution in [3.63, 3.8) is 0 Å². The molecule has 1 amide bonds. The highest BCUT2D eigenvalue weighted by Crippen LogP contribution is 2.33. The van der Waals surface area contributed by atoms with Crippen LogP contribution in [0.25, 0.3) is 11.0 Å². The second-order valence-electron chi connectivity index (χ2n) is 6.44. The molecule has 1 fully saturated rings. The van der Waals surface area contributed by atoms with Crippen LogP contribution < -0.4 is 4.74 Å². The van der Waals surface area contributed by atoms with Crippen molar-refractivity contribution < 1.29 is 19.1 Å². The van der Waals surface area contributed by atoms with Gasteiger partial charge in [0.05, 0.1) is 6.10 Å². The van der Waals surface area contributed by atoms with Crippen LogP contribution in [0.4, 0.5) is 0 Å². The molecule has 1 aromatic heterocycles. The zero-order valence-electron chi connectivity index (χ0n) is 13.1. The maximum absolute atomic E-state index is 12.1. The van der Waals surface area contributed by atoms with E-state index in [0.29, 0.717) is 25.3 Å². The first-order chi connectivity index (χ1) is 11.2. The molecule has 1 N–H and O–H groups in total. The lowest BCUT2D eigenvalue weighted by atomic mass is 9.96. The molecule has 122 valence electrons. The molecule has 1 atom stereocenters. The molecule has 23 heavy (non-hydrogen) atoms. The minimum Gasteiger partial charge on any atom is -0.484 e. The molecule has 1 aliphatic carbocycles. The molecular formula is C18H21NO4. The number of carbonyl (C=O) groups is 1. The first-order valence-electron chi connectivity index (χ1n) is 8.33. The lowest BCUT2D eigenvalue weighted by Gasteiger charge is -2.15. The summed E-state index contributed by atoms with van der Waals surface area (Å²) in [5, 5.41) is 10.6. The van der Waals surface area contributed by atoms with Crippen LogP contribution in [0, 0.1) is 0 Å². The van der Waals surface area contributed by atoms with Gasteiger partial charge in [0.2, 0.25) is 0 Å². The predicted octanol–water partition coefficient (Wildman–Crippen LogP) is 2.28. The van der Waals surface area contributed by atoms with Crippen molar-refractivity contribution in [1.82, 2.24) is 4.90 Å². The van der Waals surface area contributed by atoms with Crippen LogP contribution in [-0.4, -0.2) is 41.7 Å². The van der Waals surface area contributed by atoms with E-state index in [0.717, 1.165) is 29.6 Å². The van der Waals surface area contributed by atoms with E-state index in [-0.39, 0.29) is 12.5 Å². The van der Waals surface area contributed by atoms with E-state index in [4.69, 9.17) is 9.15 Å². The van der Waals surface area contributed by atoms with Crippen molar-refractivity contribution in [3.05, 3.63) is 29.5 Å². The molecule has 0 radical (unpaired) electrons. The Kier molecular flexibility index (Phi) is 3.73. The van der Waals surface area contributed by atoms with Gasteiger partial charge < -0.3 is 19.2 Å². The van der Waals surface area contributed by atoms with Crippen molar-refractivity contribution in [2.75, 3.05) is 19.7 Å². The largest absolute Gasteiger partial charge is 0.484 e. The zero-order chi connectivity index (χ0) is 15.8. The monoisotopic (exact) mass is 315 g/mol. The number of rotatable bonds is 3. The summed E-state index contributed by atoms with van der Waals surface area (Å²) < 4.78 is 11.6. The number of β-amino-alcohol motifs (C(OH)–C–C–N with tert-alkyl or cyclic N) is 1. The summed E-state index contributed by atoms with van der Waals surface area (Å²) in [5.41, 5.74) is 2.20. The molecular weight excluding hydrogens is 294 g/mol. The number of ether oxygens (including phenoxy) is 1. The van der Waals surface area contributed by atoms with E-state index in [1.54, 1.807) is 4.90 Å². The number of amides is 1. The summed E-state index contributed by atoms with van der Waals surface area (Å²) in [4.78, 5) is 13.7. The van der Waals surface area contributed by atoms with Crippen molar-refractivity contribution in [3.8, 4) is 5.75 Å². The third-order valence-corrected chi connectivity index (χ3v) is 4.80. The number of aryl methyl sites for hydroxylation is 2. The summed E-state index contributed by atoms with van der Waals surface area (Å²) in [7, 11) is 0. The molecule has 0 bridgehead atoms. The molecule has 2 aromatic rings. The molecule has 2 aliphatic rings. The Bertz CT molecular complexity index is 736. The number of aliphatic hydroxyl groups excluding tert-OH is 1. The number of nitrogens with zero attached hydrogens (tertiary/aromatic N) is 1. The van der Waals surface area contributed by atoms with Crippen molar-refractivity contribution >= 4 is 16.9 Å². The number of benzene rings is 1. The highest BCUT2D eigenvalue weighted by Gasteiger charge is 2.24. The molecule has 1 saturated heterocycles. The van der Waals surface area contributed by atoms with E-state index in [2.05, 4.69) is 0 Å². The summed E-state index contributed by atoms with van der Waals surface area (Å²) >= 11 is 0. The van der Waals surface area contributed by atoms with E-state index in [9.17, 15) is 9.90 Å². The van der Waals surface area contributed by atoms with E-state index >= 15 is 0 Å². The van der Waals surface area contributed by atoms with Gasteiger partial charge in [-0.15, -0.1) is 0 Å². The molecule has 0 saturated carbocycles. The van der Waals surface area contributed by atoms with Gasteiger partial charge in [0.1, 0.15) is 17.1 Å².